The van der Waals surface area contributed by atoms with Crippen molar-refractivity contribution in [1.82, 2.24) is 0 Å². The smallest absolute Gasteiger partial charge is 0.0623 e. The zero-order valence-electron chi connectivity index (χ0n) is 21.8. The highest BCUT2D eigenvalue weighted by atomic mass is 28.3. The van der Waals surface area contributed by atoms with Crippen LogP contribution in [0.25, 0.3) is 22.3 Å². The van der Waals surface area contributed by atoms with E-state index < -0.39 is 8.07 Å². The van der Waals surface area contributed by atoms with Crippen molar-refractivity contribution in [3.8, 4) is 22.3 Å². The Morgan fingerprint density at radius 2 is 0.718 bits per heavy atom. The van der Waals surface area contributed by atoms with E-state index in [-0.39, 0.29) is 0 Å². The van der Waals surface area contributed by atoms with Crippen molar-refractivity contribution < 1.29 is 0 Å². The monoisotopic (exact) mass is 512 g/mol. The Kier molecular flexibility index (Phi) is 5.08. The quantitative estimate of drug-likeness (QED) is 0.194. The number of fused-ring (bicyclic) bond motifs is 6. The molecule has 0 heterocycles. The van der Waals surface area contributed by atoms with Crippen LogP contribution in [0.15, 0.2) is 146 Å². The SMILES string of the molecule is c1ccc([Si](c2ccccc2)(c2cccc3c2Cc2ccccc2-3)c2cccc3c2Cc2ccccc2-3)cc1. The van der Waals surface area contributed by atoms with Crippen molar-refractivity contribution in [3.05, 3.63) is 168 Å². The van der Waals surface area contributed by atoms with Crippen LogP contribution >= 0.6 is 0 Å². The summed E-state index contributed by atoms with van der Waals surface area (Å²) in [7, 11) is -2.69. The Hall–Kier alpha value is -4.46. The van der Waals surface area contributed by atoms with Gasteiger partial charge in [-0.25, -0.2) is 0 Å². The summed E-state index contributed by atoms with van der Waals surface area (Å²) in [6, 6.07) is 55.0. The predicted octanol–water partition coefficient (Wildman–Crippen LogP) is 6.21. The summed E-state index contributed by atoms with van der Waals surface area (Å²) in [6.45, 7) is 0. The summed E-state index contributed by atoms with van der Waals surface area (Å²) in [5, 5.41) is 5.95. The first-order chi connectivity index (χ1) is 19.4. The van der Waals surface area contributed by atoms with Gasteiger partial charge in [0.2, 0.25) is 0 Å². The fraction of sp³-hybridized carbons (Fsp3) is 0.0526. The van der Waals surface area contributed by atoms with E-state index >= 15 is 0 Å². The molecule has 6 aromatic rings. The minimum atomic E-state index is -2.69. The van der Waals surface area contributed by atoms with Crippen LogP contribution in [-0.4, -0.2) is 8.07 Å². The Bertz CT molecular complexity index is 1710. The normalized spacial score (nSPS) is 12.9. The molecule has 6 aromatic carbocycles. The fourth-order valence-corrected chi connectivity index (χ4v) is 12.6. The molecular weight excluding hydrogens is 485 g/mol. The van der Waals surface area contributed by atoms with Gasteiger partial charge in [0.15, 0.2) is 8.07 Å². The lowest BCUT2D eigenvalue weighted by molar-refractivity contribution is 1.27. The summed E-state index contributed by atoms with van der Waals surface area (Å²) in [5.41, 5.74) is 11.5. The molecule has 0 spiro atoms. The van der Waals surface area contributed by atoms with Gasteiger partial charge in [0.25, 0.3) is 0 Å². The van der Waals surface area contributed by atoms with Gasteiger partial charge in [-0.1, -0.05) is 146 Å². The van der Waals surface area contributed by atoms with E-state index in [1.54, 1.807) is 0 Å². The van der Waals surface area contributed by atoms with Gasteiger partial charge in [-0.15, -0.1) is 0 Å². The zero-order chi connectivity index (χ0) is 25.8. The van der Waals surface area contributed by atoms with Gasteiger partial charge in [-0.05, 0) is 78.1 Å². The maximum Gasteiger partial charge on any atom is 0.180 e. The second-order valence-electron chi connectivity index (χ2n) is 10.8. The Balaban J connectivity index is 1.51. The molecule has 1 heteroatoms. The van der Waals surface area contributed by atoms with Crippen LogP contribution in [0.1, 0.15) is 22.3 Å². The molecule has 0 aromatic heterocycles. The molecule has 0 amide bonds. The van der Waals surface area contributed by atoms with Gasteiger partial charge in [0.1, 0.15) is 0 Å². The third-order valence-electron chi connectivity index (χ3n) is 8.92. The summed E-state index contributed by atoms with van der Waals surface area (Å²) < 4.78 is 0. The second kappa shape index (κ2) is 8.79. The maximum absolute atomic E-state index is 2.69. The Morgan fingerprint density at radius 1 is 0.333 bits per heavy atom. The lowest BCUT2D eigenvalue weighted by atomic mass is 10.1. The van der Waals surface area contributed by atoms with Crippen LogP contribution in [0.5, 0.6) is 0 Å². The summed E-state index contributed by atoms with van der Waals surface area (Å²) in [6.07, 6.45) is 1.98. The predicted molar refractivity (Wildman–Crippen MR) is 167 cm³/mol. The van der Waals surface area contributed by atoms with Crippen LogP contribution in [0, 0.1) is 0 Å². The number of hydrogen-bond acceptors (Lipinski definition) is 0. The first kappa shape index (κ1) is 22.5. The molecule has 0 saturated carbocycles. The molecule has 0 saturated heterocycles. The molecular formula is C38H28Si. The fourth-order valence-electron chi connectivity index (χ4n) is 7.33. The first-order valence-electron chi connectivity index (χ1n) is 13.9. The topological polar surface area (TPSA) is 0 Å². The molecule has 0 fully saturated rings. The second-order valence-corrected chi connectivity index (χ2v) is 14.5. The highest BCUT2D eigenvalue weighted by Crippen LogP contribution is 2.38. The van der Waals surface area contributed by atoms with Crippen molar-refractivity contribution >= 4 is 28.8 Å². The summed E-state index contributed by atoms with van der Waals surface area (Å²) >= 11 is 0. The zero-order valence-corrected chi connectivity index (χ0v) is 22.8. The molecule has 0 aliphatic heterocycles. The lowest BCUT2D eigenvalue weighted by Gasteiger charge is -2.37. The van der Waals surface area contributed by atoms with Gasteiger partial charge >= 0.3 is 0 Å². The Labute approximate surface area is 231 Å². The summed E-state index contributed by atoms with van der Waals surface area (Å²) in [5.74, 6) is 0. The minimum Gasteiger partial charge on any atom is -0.0623 e. The molecule has 0 radical (unpaired) electrons. The average Bonchev–Trinajstić information content (AvgIpc) is 3.58. The molecule has 0 unspecified atom stereocenters. The highest BCUT2D eigenvalue weighted by molar-refractivity contribution is 7.20. The van der Waals surface area contributed by atoms with Gasteiger partial charge < -0.3 is 0 Å². The number of hydrogen-bond donors (Lipinski definition) is 0. The van der Waals surface area contributed by atoms with Crippen LogP contribution in [0.2, 0.25) is 0 Å². The minimum absolute atomic E-state index is 0.991. The third kappa shape index (κ3) is 3.24. The van der Waals surface area contributed by atoms with Crippen molar-refractivity contribution in [3.63, 3.8) is 0 Å². The molecule has 184 valence electrons. The molecule has 2 aliphatic carbocycles. The molecule has 0 atom stereocenters. The van der Waals surface area contributed by atoms with Gasteiger partial charge in [-0.3, -0.25) is 0 Å². The third-order valence-corrected chi connectivity index (χ3v) is 13.9. The van der Waals surface area contributed by atoms with Crippen LogP contribution in [0.4, 0.5) is 0 Å². The van der Waals surface area contributed by atoms with Crippen molar-refractivity contribution in [2.24, 2.45) is 0 Å². The largest absolute Gasteiger partial charge is 0.180 e. The van der Waals surface area contributed by atoms with E-state index in [0.717, 1.165) is 12.8 Å². The van der Waals surface area contributed by atoms with Crippen LogP contribution in [0.3, 0.4) is 0 Å². The standard InChI is InChI=1S/C38H28Si/c1-3-15-29(16-4-1)39(30-17-5-2-6-18-30,37-23-11-21-33-31-19-9-7-13-27(31)25-35(33)37)38-24-12-22-34-32-20-10-8-14-28(32)26-36(34)38/h1-24H,25-26H2. The highest BCUT2D eigenvalue weighted by Gasteiger charge is 2.46. The molecule has 0 nitrogen and oxygen atoms in total. The molecule has 8 rings (SSSR count). The van der Waals surface area contributed by atoms with E-state index in [1.165, 1.54) is 65.3 Å². The average molecular weight is 513 g/mol. The molecule has 0 N–H and O–H groups in total. The van der Waals surface area contributed by atoms with E-state index in [1.807, 2.05) is 0 Å². The van der Waals surface area contributed by atoms with Crippen LogP contribution < -0.4 is 20.7 Å². The Morgan fingerprint density at radius 3 is 1.18 bits per heavy atom. The van der Waals surface area contributed by atoms with Gasteiger partial charge in [-0.2, -0.15) is 0 Å². The van der Waals surface area contributed by atoms with E-state index in [0.29, 0.717) is 0 Å². The molecule has 39 heavy (non-hydrogen) atoms. The maximum atomic E-state index is 2.46. The van der Waals surface area contributed by atoms with Crippen LogP contribution in [-0.2, 0) is 12.8 Å². The summed E-state index contributed by atoms with van der Waals surface area (Å²) in [4.78, 5) is 0. The van der Waals surface area contributed by atoms with Crippen molar-refractivity contribution in [2.45, 2.75) is 12.8 Å². The first-order valence-corrected chi connectivity index (χ1v) is 15.9. The number of benzene rings is 6. The van der Waals surface area contributed by atoms with E-state index in [4.69, 9.17) is 0 Å². The molecule has 0 bridgehead atoms. The lowest BCUT2D eigenvalue weighted by Crippen LogP contribution is -2.76. The van der Waals surface area contributed by atoms with E-state index in [9.17, 15) is 0 Å². The van der Waals surface area contributed by atoms with Gasteiger partial charge in [0, 0.05) is 0 Å². The van der Waals surface area contributed by atoms with Gasteiger partial charge in [0.05, 0.1) is 0 Å². The van der Waals surface area contributed by atoms with E-state index in [2.05, 4.69) is 146 Å². The number of rotatable bonds is 4. The molecule has 2 aliphatic rings. The van der Waals surface area contributed by atoms with Crippen molar-refractivity contribution in [1.29, 1.82) is 0 Å². The van der Waals surface area contributed by atoms with Crippen molar-refractivity contribution in [2.75, 3.05) is 0 Å².